The van der Waals surface area contributed by atoms with E-state index in [1.165, 1.54) is 12.0 Å². The molecule has 0 aromatic carbocycles. The summed E-state index contributed by atoms with van der Waals surface area (Å²) in [5.74, 6) is -1.48. The molecule has 0 radical (unpaired) electrons. The molecule has 1 saturated heterocycles. The van der Waals surface area contributed by atoms with Crippen molar-refractivity contribution < 1.29 is 24.5 Å². The molecule has 1 unspecified atom stereocenters. The number of rotatable bonds is 4. The van der Waals surface area contributed by atoms with Crippen LogP contribution in [-0.4, -0.2) is 58.4 Å². The maximum atomic E-state index is 12.2. The number of methoxy groups -OCH3 is 1. The summed E-state index contributed by atoms with van der Waals surface area (Å²) in [6, 6.07) is -0.960. The van der Waals surface area contributed by atoms with Gasteiger partial charge in [0.05, 0.1) is 6.10 Å². The van der Waals surface area contributed by atoms with Crippen molar-refractivity contribution in [1.82, 2.24) is 4.90 Å². The van der Waals surface area contributed by atoms with Crippen LogP contribution in [0.5, 0.6) is 0 Å². The molecule has 1 amide bonds. The molecule has 0 spiro atoms. The lowest BCUT2D eigenvalue weighted by Crippen LogP contribution is -2.51. The monoisotopic (exact) mass is 245 g/mol. The molecule has 0 saturated carbocycles. The summed E-state index contributed by atoms with van der Waals surface area (Å²) in [5, 5.41) is 18.5. The Kier molecular flexibility index (Phi) is 4.11. The van der Waals surface area contributed by atoms with E-state index in [1.807, 2.05) is 0 Å². The van der Waals surface area contributed by atoms with Gasteiger partial charge in [0, 0.05) is 20.1 Å². The summed E-state index contributed by atoms with van der Waals surface area (Å²) in [6.45, 7) is 3.47. The van der Waals surface area contributed by atoms with E-state index >= 15 is 0 Å². The highest BCUT2D eigenvalue weighted by Crippen LogP contribution is 2.25. The van der Waals surface area contributed by atoms with Gasteiger partial charge in [-0.15, -0.1) is 0 Å². The summed E-state index contributed by atoms with van der Waals surface area (Å²) < 4.78 is 5.16. The van der Waals surface area contributed by atoms with Gasteiger partial charge >= 0.3 is 5.97 Å². The predicted octanol–water partition coefficient (Wildman–Crippen LogP) is -0.152. The molecule has 0 aromatic heterocycles. The summed E-state index contributed by atoms with van der Waals surface area (Å²) in [7, 11) is 1.42. The number of hydrogen-bond donors (Lipinski definition) is 2. The van der Waals surface area contributed by atoms with Gasteiger partial charge in [-0.2, -0.15) is 0 Å². The fourth-order valence-corrected chi connectivity index (χ4v) is 1.96. The largest absolute Gasteiger partial charge is 0.480 e. The molecule has 6 heteroatoms. The van der Waals surface area contributed by atoms with Gasteiger partial charge in [0.2, 0.25) is 0 Å². The van der Waals surface area contributed by atoms with E-state index in [0.717, 1.165) is 0 Å². The number of carbonyl (C=O) groups is 2. The molecular formula is C11H19NO5. The number of ether oxygens (including phenoxy) is 1. The van der Waals surface area contributed by atoms with Crippen LogP contribution < -0.4 is 0 Å². The van der Waals surface area contributed by atoms with Crippen LogP contribution in [0.1, 0.15) is 26.7 Å². The van der Waals surface area contributed by atoms with Gasteiger partial charge in [-0.05, 0) is 13.3 Å². The summed E-state index contributed by atoms with van der Waals surface area (Å²) >= 11 is 0. The van der Waals surface area contributed by atoms with Gasteiger partial charge in [-0.3, -0.25) is 4.79 Å². The third kappa shape index (κ3) is 2.58. The lowest BCUT2D eigenvalue weighted by atomic mass is 10.0. The standard InChI is InChI=1S/C11H19NO5/c1-4-11(2,17-3)10(16)12-6-7(13)5-8(12)9(14)15/h7-8,13H,4-6H2,1-3H3,(H,14,15)/t7-,8+,11?/m1/s1. The second-order valence-corrected chi connectivity index (χ2v) is 4.49. The van der Waals surface area contributed by atoms with Crippen molar-refractivity contribution in [2.45, 2.75) is 44.4 Å². The molecule has 2 N–H and O–H groups in total. The van der Waals surface area contributed by atoms with Crippen LogP contribution in [0, 0.1) is 0 Å². The van der Waals surface area contributed by atoms with E-state index in [4.69, 9.17) is 9.84 Å². The second kappa shape index (κ2) is 5.01. The van der Waals surface area contributed by atoms with Crippen LogP contribution in [0.4, 0.5) is 0 Å². The number of carbonyl (C=O) groups excluding carboxylic acids is 1. The van der Waals surface area contributed by atoms with Gasteiger partial charge in [-0.1, -0.05) is 6.92 Å². The summed E-state index contributed by atoms with van der Waals surface area (Å²) in [5.41, 5.74) is -1.03. The Bertz CT molecular complexity index is 313. The van der Waals surface area contributed by atoms with Gasteiger partial charge < -0.3 is 19.8 Å². The second-order valence-electron chi connectivity index (χ2n) is 4.49. The Morgan fingerprint density at radius 3 is 2.53 bits per heavy atom. The Hall–Kier alpha value is -1.14. The van der Waals surface area contributed by atoms with E-state index in [-0.39, 0.29) is 18.9 Å². The van der Waals surface area contributed by atoms with Crippen molar-refractivity contribution >= 4 is 11.9 Å². The van der Waals surface area contributed by atoms with Crippen molar-refractivity contribution in [2.75, 3.05) is 13.7 Å². The molecule has 1 aliphatic rings. The minimum absolute atomic E-state index is 0.0503. The van der Waals surface area contributed by atoms with Crippen molar-refractivity contribution in [3.8, 4) is 0 Å². The number of β-amino-alcohol motifs (C(OH)–C–C–N with tert-alkyl or cyclic N) is 1. The molecule has 17 heavy (non-hydrogen) atoms. The zero-order chi connectivity index (χ0) is 13.2. The summed E-state index contributed by atoms with van der Waals surface area (Å²) in [4.78, 5) is 24.4. The minimum Gasteiger partial charge on any atom is -0.480 e. The zero-order valence-electron chi connectivity index (χ0n) is 10.3. The zero-order valence-corrected chi connectivity index (χ0v) is 10.3. The van der Waals surface area contributed by atoms with Crippen LogP contribution in [0.25, 0.3) is 0 Å². The highest BCUT2D eigenvalue weighted by molar-refractivity contribution is 5.89. The van der Waals surface area contributed by atoms with Crippen LogP contribution in [0.3, 0.4) is 0 Å². The number of likely N-dealkylation sites (tertiary alicyclic amines) is 1. The number of carboxylic acid groups (broad SMARTS) is 1. The molecule has 1 heterocycles. The number of aliphatic hydroxyl groups is 1. The van der Waals surface area contributed by atoms with E-state index in [9.17, 15) is 14.7 Å². The quantitative estimate of drug-likeness (QED) is 0.719. The molecule has 0 aliphatic carbocycles. The maximum absolute atomic E-state index is 12.2. The molecule has 98 valence electrons. The fraction of sp³-hybridized carbons (Fsp3) is 0.818. The van der Waals surface area contributed by atoms with Gasteiger partial charge in [-0.25, -0.2) is 4.79 Å². The van der Waals surface area contributed by atoms with E-state index < -0.39 is 23.7 Å². The van der Waals surface area contributed by atoms with Crippen LogP contribution in [0.15, 0.2) is 0 Å². The number of nitrogens with zero attached hydrogens (tertiary/aromatic N) is 1. The molecule has 1 rings (SSSR count). The number of hydrogen-bond acceptors (Lipinski definition) is 4. The van der Waals surface area contributed by atoms with Crippen molar-refractivity contribution in [3.63, 3.8) is 0 Å². The molecule has 0 aromatic rings. The first-order valence-electron chi connectivity index (χ1n) is 5.62. The number of aliphatic carboxylic acids is 1. The Labute approximate surface area is 100 Å². The molecule has 1 aliphatic heterocycles. The normalized spacial score (nSPS) is 27.9. The van der Waals surface area contributed by atoms with Gasteiger partial charge in [0.1, 0.15) is 11.6 Å². The Balaban J connectivity index is 2.91. The highest BCUT2D eigenvalue weighted by atomic mass is 16.5. The first-order chi connectivity index (χ1) is 7.85. The van der Waals surface area contributed by atoms with E-state index in [0.29, 0.717) is 6.42 Å². The molecule has 3 atom stereocenters. The fourth-order valence-electron chi connectivity index (χ4n) is 1.96. The van der Waals surface area contributed by atoms with Crippen molar-refractivity contribution in [1.29, 1.82) is 0 Å². The first-order valence-corrected chi connectivity index (χ1v) is 5.62. The van der Waals surface area contributed by atoms with Crippen molar-refractivity contribution in [2.24, 2.45) is 0 Å². The average molecular weight is 245 g/mol. The van der Waals surface area contributed by atoms with Gasteiger partial charge in [0.25, 0.3) is 5.91 Å². The highest BCUT2D eigenvalue weighted by Gasteiger charge is 2.45. The smallest absolute Gasteiger partial charge is 0.326 e. The lowest BCUT2D eigenvalue weighted by Gasteiger charge is -2.32. The maximum Gasteiger partial charge on any atom is 0.326 e. The Morgan fingerprint density at radius 2 is 2.12 bits per heavy atom. The molecule has 6 nitrogen and oxygen atoms in total. The molecular weight excluding hydrogens is 226 g/mol. The SMILES string of the molecule is CCC(C)(OC)C(=O)N1C[C@H](O)C[C@H]1C(=O)O. The number of amides is 1. The van der Waals surface area contributed by atoms with Crippen LogP contribution >= 0.6 is 0 Å². The number of carboxylic acids is 1. The van der Waals surface area contributed by atoms with Crippen molar-refractivity contribution in [3.05, 3.63) is 0 Å². The topological polar surface area (TPSA) is 87.1 Å². The first kappa shape index (κ1) is 13.9. The minimum atomic E-state index is -1.09. The average Bonchev–Trinajstić information content (AvgIpc) is 2.69. The molecule has 1 fully saturated rings. The third-order valence-corrected chi connectivity index (χ3v) is 3.40. The number of aliphatic hydroxyl groups excluding tert-OH is 1. The Morgan fingerprint density at radius 1 is 1.53 bits per heavy atom. The summed E-state index contributed by atoms with van der Waals surface area (Å²) in [6.07, 6.45) is -0.260. The molecule has 0 bridgehead atoms. The van der Waals surface area contributed by atoms with E-state index in [1.54, 1.807) is 13.8 Å². The van der Waals surface area contributed by atoms with Crippen LogP contribution in [0.2, 0.25) is 0 Å². The lowest BCUT2D eigenvalue weighted by molar-refractivity contribution is -0.160. The van der Waals surface area contributed by atoms with Crippen LogP contribution in [-0.2, 0) is 14.3 Å². The van der Waals surface area contributed by atoms with E-state index in [2.05, 4.69) is 0 Å². The third-order valence-electron chi connectivity index (χ3n) is 3.40. The van der Waals surface area contributed by atoms with Gasteiger partial charge in [0.15, 0.2) is 0 Å². The predicted molar refractivity (Wildman–Crippen MR) is 59.5 cm³/mol.